The van der Waals surface area contributed by atoms with Crippen LogP contribution in [-0.2, 0) is 0 Å². The van der Waals surface area contributed by atoms with Crippen molar-refractivity contribution in [3.05, 3.63) is 139 Å². The molecular formula is C31H21NOS. The maximum Gasteiger partial charge on any atom is 0.193 e. The zero-order valence-corrected chi connectivity index (χ0v) is 19.2. The van der Waals surface area contributed by atoms with Crippen LogP contribution in [0.3, 0.4) is 0 Å². The Labute approximate surface area is 203 Å². The van der Waals surface area contributed by atoms with E-state index in [1.807, 2.05) is 66.7 Å². The molecule has 0 unspecified atom stereocenters. The van der Waals surface area contributed by atoms with Crippen LogP contribution in [0.4, 0.5) is 17.1 Å². The van der Waals surface area contributed by atoms with Crippen molar-refractivity contribution >= 4 is 34.6 Å². The molecule has 5 aromatic carbocycles. The highest BCUT2D eigenvalue weighted by Crippen LogP contribution is 2.51. The Morgan fingerprint density at radius 1 is 0.500 bits per heavy atom. The molecule has 1 aliphatic rings. The molecule has 2 nitrogen and oxygen atoms in total. The third kappa shape index (κ3) is 3.70. The van der Waals surface area contributed by atoms with Crippen molar-refractivity contribution in [3.63, 3.8) is 0 Å². The molecule has 5 aromatic rings. The fraction of sp³-hybridized carbons (Fsp3) is 0. The normalized spacial score (nSPS) is 12.1. The summed E-state index contributed by atoms with van der Waals surface area (Å²) >= 11 is 1.79. The number of anilines is 3. The smallest absolute Gasteiger partial charge is 0.193 e. The largest absolute Gasteiger partial charge is 0.308 e. The highest BCUT2D eigenvalue weighted by atomic mass is 32.2. The van der Waals surface area contributed by atoms with E-state index >= 15 is 0 Å². The number of hydrogen-bond donors (Lipinski definition) is 0. The van der Waals surface area contributed by atoms with Crippen molar-refractivity contribution < 1.29 is 4.79 Å². The second kappa shape index (κ2) is 8.69. The van der Waals surface area contributed by atoms with Crippen LogP contribution in [-0.4, -0.2) is 5.78 Å². The Hall–Kier alpha value is -4.08. The van der Waals surface area contributed by atoms with Gasteiger partial charge in [-0.25, -0.2) is 0 Å². The standard InChI is InChI=1S/C31H21NOS/c33-31(24-16-14-23(15-17-24)22-8-2-1-3-9-22)25-18-20-26(21-19-25)32-27-10-4-6-12-29(27)34-30-13-7-5-11-28(30)32/h1-21H. The first-order chi connectivity index (χ1) is 16.8. The van der Waals surface area contributed by atoms with Crippen molar-refractivity contribution in [1.29, 1.82) is 0 Å². The summed E-state index contributed by atoms with van der Waals surface area (Å²) in [7, 11) is 0. The third-order valence-electron chi connectivity index (χ3n) is 6.07. The topological polar surface area (TPSA) is 20.3 Å². The van der Waals surface area contributed by atoms with Crippen molar-refractivity contribution in [2.24, 2.45) is 0 Å². The van der Waals surface area contributed by atoms with E-state index in [0.717, 1.165) is 28.2 Å². The molecule has 0 saturated heterocycles. The Bertz CT molecular complexity index is 1430. The highest BCUT2D eigenvalue weighted by molar-refractivity contribution is 7.99. The van der Waals surface area contributed by atoms with E-state index in [1.165, 1.54) is 9.79 Å². The van der Waals surface area contributed by atoms with Gasteiger partial charge in [0.1, 0.15) is 0 Å². The van der Waals surface area contributed by atoms with Gasteiger partial charge in [0.05, 0.1) is 11.4 Å². The van der Waals surface area contributed by atoms with Crippen LogP contribution in [0.25, 0.3) is 11.1 Å². The van der Waals surface area contributed by atoms with Crippen molar-refractivity contribution in [1.82, 2.24) is 0 Å². The molecule has 0 N–H and O–H groups in total. The number of carbonyl (C=O) groups is 1. The molecule has 0 atom stereocenters. The van der Waals surface area contributed by atoms with E-state index < -0.39 is 0 Å². The SMILES string of the molecule is O=C(c1ccc(-c2ccccc2)cc1)c1ccc(N2c3ccccc3Sc3ccccc32)cc1. The average Bonchev–Trinajstić information content (AvgIpc) is 2.92. The molecular weight excluding hydrogens is 434 g/mol. The molecule has 6 rings (SSSR count). The first-order valence-electron chi connectivity index (χ1n) is 11.2. The summed E-state index contributed by atoms with van der Waals surface area (Å²) in [4.78, 5) is 17.9. The lowest BCUT2D eigenvalue weighted by Crippen LogP contribution is -2.14. The summed E-state index contributed by atoms with van der Waals surface area (Å²) in [6.07, 6.45) is 0. The lowest BCUT2D eigenvalue weighted by Gasteiger charge is -2.32. The lowest BCUT2D eigenvalue weighted by atomic mass is 9.99. The Kier molecular flexibility index (Phi) is 5.25. The molecule has 0 saturated carbocycles. The third-order valence-corrected chi connectivity index (χ3v) is 7.20. The predicted molar refractivity (Wildman–Crippen MR) is 141 cm³/mol. The van der Waals surface area contributed by atoms with Crippen molar-refractivity contribution in [3.8, 4) is 11.1 Å². The van der Waals surface area contributed by atoms with Crippen LogP contribution >= 0.6 is 11.8 Å². The molecule has 0 aromatic heterocycles. The molecule has 1 aliphatic heterocycles. The second-order valence-electron chi connectivity index (χ2n) is 8.19. The van der Waals surface area contributed by atoms with Crippen molar-refractivity contribution in [2.45, 2.75) is 9.79 Å². The van der Waals surface area contributed by atoms with Gasteiger partial charge >= 0.3 is 0 Å². The summed E-state index contributed by atoms with van der Waals surface area (Å²) in [5.74, 6) is 0.0289. The van der Waals surface area contributed by atoms with Crippen LogP contribution in [0.2, 0.25) is 0 Å². The first-order valence-corrected chi connectivity index (χ1v) is 12.1. The van der Waals surface area contributed by atoms with Gasteiger partial charge in [-0.2, -0.15) is 0 Å². The van der Waals surface area contributed by atoms with Crippen LogP contribution in [0.15, 0.2) is 137 Å². The van der Waals surface area contributed by atoms with E-state index in [1.54, 1.807) is 11.8 Å². The molecule has 0 fully saturated rings. The minimum Gasteiger partial charge on any atom is -0.308 e. The Balaban J connectivity index is 1.30. The highest BCUT2D eigenvalue weighted by Gasteiger charge is 2.24. The molecule has 1 heterocycles. The fourth-order valence-electron chi connectivity index (χ4n) is 4.36. The monoisotopic (exact) mass is 455 g/mol. The van der Waals surface area contributed by atoms with E-state index in [4.69, 9.17) is 0 Å². The Morgan fingerprint density at radius 2 is 0.971 bits per heavy atom. The number of carbonyl (C=O) groups excluding carboxylic acids is 1. The number of benzene rings is 5. The average molecular weight is 456 g/mol. The quantitative estimate of drug-likeness (QED) is 0.248. The molecule has 34 heavy (non-hydrogen) atoms. The van der Waals surface area contributed by atoms with Gasteiger partial charge in [-0.3, -0.25) is 4.79 Å². The molecule has 0 radical (unpaired) electrons. The maximum atomic E-state index is 13.2. The number of fused-ring (bicyclic) bond motifs is 2. The van der Waals surface area contributed by atoms with Gasteiger partial charge in [-0.15, -0.1) is 0 Å². The van der Waals surface area contributed by atoms with Crippen LogP contribution in [0, 0.1) is 0 Å². The van der Waals surface area contributed by atoms with Gasteiger partial charge in [0.25, 0.3) is 0 Å². The van der Waals surface area contributed by atoms with Crippen LogP contribution < -0.4 is 4.90 Å². The van der Waals surface area contributed by atoms with Crippen molar-refractivity contribution in [2.75, 3.05) is 4.90 Å². The van der Waals surface area contributed by atoms with Crippen LogP contribution in [0.5, 0.6) is 0 Å². The summed E-state index contributed by atoms with van der Waals surface area (Å²) in [5, 5.41) is 0. The molecule has 0 spiro atoms. The van der Waals surface area contributed by atoms with Gasteiger partial charge < -0.3 is 4.90 Å². The minimum absolute atomic E-state index is 0.0289. The summed E-state index contributed by atoms with van der Waals surface area (Å²) in [6, 6.07) is 42.8. The van der Waals surface area contributed by atoms with Gasteiger partial charge in [-0.05, 0) is 59.7 Å². The zero-order chi connectivity index (χ0) is 22.9. The van der Waals surface area contributed by atoms with E-state index in [0.29, 0.717) is 11.1 Å². The predicted octanol–water partition coefficient (Wildman–Crippen LogP) is 8.52. The van der Waals surface area contributed by atoms with Gasteiger partial charge in [0, 0.05) is 26.6 Å². The number of para-hydroxylation sites is 2. The first kappa shape index (κ1) is 20.5. The number of hydrogen-bond acceptors (Lipinski definition) is 3. The summed E-state index contributed by atoms with van der Waals surface area (Å²) in [6.45, 7) is 0. The van der Waals surface area contributed by atoms with E-state index in [9.17, 15) is 4.79 Å². The number of nitrogens with zero attached hydrogens (tertiary/aromatic N) is 1. The number of rotatable bonds is 4. The van der Waals surface area contributed by atoms with Gasteiger partial charge in [0.15, 0.2) is 5.78 Å². The molecule has 0 bridgehead atoms. The molecule has 0 amide bonds. The van der Waals surface area contributed by atoms with Crippen LogP contribution in [0.1, 0.15) is 15.9 Å². The molecule has 0 aliphatic carbocycles. The molecule has 162 valence electrons. The second-order valence-corrected chi connectivity index (χ2v) is 9.28. The number of ketones is 1. The zero-order valence-electron chi connectivity index (χ0n) is 18.4. The maximum absolute atomic E-state index is 13.2. The minimum atomic E-state index is 0.0289. The summed E-state index contributed by atoms with van der Waals surface area (Å²) in [5.41, 5.74) is 6.97. The fourth-order valence-corrected chi connectivity index (χ4v) is 5.41. The van der Waals surface area contributed by atoms with E-state index in [2.05, 4.69) is 65.6 Å². The van der Waals surface area contributed by atoms with E-state index in [-0.39, 0.29) is 5.78 Å². The Morgan fingerprint density at radius 3 is 1.56 bits per heavy atom. The summed E-state index contributed by atoms with van der Waals surface area (Å²) < 4.78 is 0. The molecule has 3 heteroatoms. The van der Waals surface area contributed by atoms with Gasteiger partial charge in [-0.1, -0.05) is 90.6 Å². The lowest BCUT2D eigenvalue weighted by molar-refractivity contribution is 0.103. The van der Waals surface area contributed by atoms with Gasteiger partial charge in [0.2, 0.25) is 0 Å².